The highest BCUT2D eigenvalue weighted by atomic mass is 35.5. The van der Waals surface area contributed by atoms with E-state index in [1.807, 2.05) is 24.3 Å². The average Bonchev–Trinajstić information content (AvgIpc) is 2.29. The summed E-state index contributed by atoms with van der Waals surface area (Å²) < 4.78 is 5.66. The van der Waals surface area contributed by atoms with Gasteiger partial charge >= 0.3 is 0 Å². The molecule has 1 nitrogen and oxygen atoms in total. The van der Waals surface area contributed by atoms with Crippen molar-refractivity contribution in [1.29, 1.82) is 0 Å². The third-order valence-electron chi connectivity index (χ3n) is 2.35. The smallest absolute Gasteiger partial charge is 0.145 e. The zero-order valence-electron chi connectivity index (χ0n) is 8.97. The number of hydrogen-bond donors (Lipinski definition) is 0. The number of ether oxygens (including phenoxy) is 1. The Kier molecular flexibility index (Phi) is 3.57. The van der Waals surface area contributed by atoms with Gasteiger partial charge in [0, 0.05) is 10.8 Å². The SMILES string of the molecule is CCCOc1c(Cl)cc(Cl)c2ccccc12. The van der Waals surface area contributed by atoms with E-state index in [0.29, 0.717) is 16.7 Å². The van der Waals surface area contributed by atoms with Gasteiger partial charge < -0.3 is 4.74 Å². The van der Waals surface area contributed by atoms with Crippen LogP contribution in [0.25, 0.3) is 10.8 Å². The number of hydrogen-bond acceptors (Lipinski definition) is 1. The lowest BCUT2D eigenvalue weighted by Gasteiger charge is -2.11. The van der Waals surface area contributed by atoms with Gasteiger partial charge in [0.05, 0.1) is 16.7 Å². The van der Waals surface area contributed by atoms with Gasteiger partial charge in [0.2, 0.25) is 0 Å². The normalized spacial score (nSPS) is 10.7. The number of benzene rings is 2. The summed E-state index contributed by atoms with van der Waals surface area (Å²) in [5, 5.41) is 3.16. The number of fused-ring (bicyclic) bond motifs is 1. The molecule has 0 aromatic heterocycles. The molecule has 0 saturated heterocycles. The van der Waals surface area contributed by atoms with Crippen molar-refractivity contribution in [3.8, 4) is 5.75 Å². The zero-order valence-corrected chi connectivity index (χ0v) is 10.5. The van der Waals surface area contributed by atoms with Crippen LogP contribution in [0.4, 0.5) is 0 Å². The van der Waals surface area contributed by atoms with E-state index >= 15 is 0 Å². The molecule has 3 heteroatoms. The third-order valence-corrected chi connectivity index (χ3v) is 2.94. The Morgan fingerprint density at radius 3 is 2.44 bits per heavy atom. The zero-order chi connectivity index (χ0) is 11.5. The molecule has 84 valence electrons. The minimum absolute atomic E-state index is 0.567. The van der Waals surface area contributed by atoms with Crippen LogP contribution in [0.2, 0.25) is 10.0 Å². The first-order valence-electron chi connectivity index (χ1n) is 5.23. The molecule has 0 bridgehead atoms. The number of rotatable bonds is 3. The summed E-state index contributed by atoms with van der Waals surface area (Å²) in [6.45, 7) is 2.72. The van der Waals surface area contributed by atoms with Gasteiger partial charge in [-0.3, -0.25) is 0 Å². The molecule has 16 heavy (non-hydrogen) atoms. The van der Waals surface area contributed by atoms with Gasteiger partial charge in [0.1, 0.15) is 5.75 Å². The second-order valence-electron chi connectivity index (χ2n) is 3.56. The molecule has 0 saturated carbocycles. The van der Waals surface area contributed by atoms with Crippen LogP contribution in [0.3, 0.4) is 0 Å². The van der Waals surface area contributed by atoms with Gasteiger partial charge in [-0.05, 0) is 12.5 Å². The van der Waals surface area contributed by atoms with Crippen molar-refractivity contribution >= 4 is 34.0 Å². The summed E-state index contributed by atoms with van der Waals surface area (Å²) in [5.41, 5.74) is 0. The van der Waals surface area contributed by atoms with Crippen LogP contribution in [-0.2, 0) is 0 Å². The molecule has 2 aromatic rings. The van der Waals surface area contributed by atoms with Crippen LogP contribution in [-0.4, -0.2) is 6.61 Å². The van der Waals surface area contributed by atoms with Crippen molar-refractivity contribution < 1.29 is 4.74 Å². The van der Waals surface area contributed by atoms with E-state index < -0.39 is 0 Å². The molecule has 0 N–H and O–H groups in total. The summed E-state index contributed by atoms with van der Waals surface area (Å²) in [5.74, 6) is 0.725. The van der Waals surface area contributed by atoms with Crippen molar-refractivity contribution in [2.24, 2.45) is 0 Å². The molecule has 0 spiro atoms. The molecule has 0 unspecified atom stereocenters. The van der Waals surface area contributed by atoms with Crippen LogP contribution < -0.4 is 4.74 Å². The third kappa shape index (κ3) is 2.11. The first-order valence-corrected chi connectivity index (χ1v) is 5.99. The van der Waals surface area contributed by atoms with Gasteiger partial charge in [-0.15, -0.1) is 0 Å². The summed E-state index contributed by atoms with van der Waals surface area (Å²) in [4.78, 5) is 0. The highest BCUT2D eigenvalue weighted by molar-refractivity contribution is 6.39. The predicted molar refractivity (Wildman–Crippen MR) is 69.8 cm³/mol. The van der Waals surface area contributed by atoms with Gasteiger partial charge in [0.15, 0.2) is 0 Å². The Balaban J connectivity index is 2.61. The van der Waals surface area contributed by atoms with E-state index in [-0.39, 0.29) is 0 Å². The van der Waals surface area contributed by atoms with E-state index in [0.717, 1.165) is 22.9 Å². The molecule has 0 heterocycles. The first kappa shape index (κ1) is 11.6. The second kappa shape index (κ2) is 4.94. The fourth-order valence-electron chi connectivity index (χ4n) is 1.62. The van der Waals surface area contributed by atoms with Crippen molar-refractivity contribution in [2.75, 3.05) is 6.61 Å². The Morgan fingerprint density at radius 1 is 1.06 bits per heavy atom. The monoisotopic (exact) mass is 254 g/mol. The van der Waals surface area contributed by atoms with Crippen LogP contribution in [0.5, 0.6) is 5.75 Å². The van der Waals surface area contributed by atoms with Crippen LogP contribution in [0.1, 0.15) is 13.3 Å². The van der Waals surface area contributed by atoms with Crippen molar-refractivity contribution in [1.82, 2.24) is 0 Å². The molecule has 0 fully saturated rings. The van der Waals surface area contributed by atoms with Gasteiger partial charge in [-0.25, -0.2) is 0 Å². The molecule has 0 amide bonds. The van der Waals surface area contributed by atoms with E-state index in [2.05, 4.69) is 6.92 Å². The second-order valence-corrected chi connectivity index (χ2v) is 4.38. The molecule has 0 aliphatic carbocycles. The summed E-state index contributed by atoms with van der Waals surface area (Å²) in [7, 11) is 0. The van der Waals surface area contributed by atoms with E-state index in [1.165, 1.54) is 0 Å². The maximum Gasteiger partial charge on any atom is 0.145 e. The Bertz CT molecular complexity index is 509. The topological polar surface area (TPSA) is 9.23 Å². The average molecular weight is 255 g/mol. The molecule has 2 aromatic carbocycles. The van der Waals surface area contributed by atoms with Crippen molar-refractivity contribution in [3.63, 3.8) is 0 Å². The molecule has 0 aliphatic rings. The molecule has 2 rings (SSSR count). The van der Waals surface area contributed by atoms with Crippen LogP contribution in [0, 0.1) is 0 Å². The quantitative estimate of drug-likeness (QED) is 0.755. The van der Waals surface area contributed by atoms with Gasteiger partial charge in [-0.2, -0.15) is 0 Å². The van der Waals surface area contributed by atoms with Crippen LogP contribution in [0.15, 0.2) is 30.3 Å². The van der Waals surface area contributed by atoms with Gasteiger partial charge in [0.25, 0.3) is 0 Å². The molecule has 0 atom stereocenters. The van der Waals surface area contributed by atoms with Gasteiger partial charge in [-0.1, -0.05) is 54.4 Å². The fourth-order valence-corrected chi connectivity index (χ4v) is 2.22. The van der Waals surface area contributed by atoms with Crippen LogP contribution >= 0.6 is 23.2 Å². The summed E-state index contributed by atoms with van der Waals surface area (Å²) >= 11 is 12.3. The number of halogens is 2. The molecule has 0 radical (unpaired) electrons. The first-order chi connectivity index (χ1) is 7.74. The molecule has 0 aliphatic heterocycles. The fraction of sp³-hybridized carbons (Fsp3) is 0.231. The minimum atomic E-state index is 0.567. The lowest BCUT2D eigenvalue weighted by Crippen LogP contribution is -1.96. The standard InChI is InChI=1S/C13H12Cl2O/c1-2-7-16-13-10-6-4-3-5-9(10)11(14)8-12(13)15/h3-6,8H,2,7H2,1H3. The minimum Gasteiger partial charge on any atom is -0.491 e. The van der Waals surface area contributed by atoms with Crippen molar-refractivity contribution in [3.05, 3.63) is 40.4 Å². The van der Waals surface area contributed by atoms with E-state index in [9.17, 15) is 0 Å². The largest absolute Gasteiger partial charge is 0.491 e. The van der Waals surface area contributed by atoms with E-state index in [1.54, 1.807) is 6.07 Å². The predicted octanol–water partition coefficient (Wildman–Crippen LogP) is 4.94. The Hall–Kier alpha value is -0.920. The maximum atomic E-state index is 6.13. The Labute approximate surface area is 105 Å². The maximum absolute atomic E-state index is 6.13. The lowest BCUT2D eigenvalue weighted by atomic mass is 10.1. The summed E-state index contributed by atoms with van der Waals surface area (Å²) in [6.07, 6.45) is 0.952. The molecular weight excluding hydrogens is 243 g/mol. The summed E-state index contributed by atoms with van der Waals surface area (Å²) in [6, 6.07) is 9.57. The Morgan fingerprint density at radius 2 is 1.75 bits per heavy atom. The highest BCUT2D eigenvalue weighted by Crippen LogP contribution is 2.37. The van der Waals surface area contributed by atoms with Crippen molar-refractivity contribution in [2.45, 2.75) is 13.3 Å². The lowest BCUT2D eigenvalue weighted by molar-refractivity contribution is 0.321. The highest BCUT2D eigenvalue weighted by Gasteiger charge is 2.10. The molecular formula is C13H12Cl2O. The van der Waals surface area contributed by atoms with E-state index in [4.69, 9.17) is 27.9 Å².